The molecule has 0 saturated carbocycles. The average molecular weight is 341 g/mol. The summed E-state index contributed by atoms with van der Waals surface area (Å²) in [6.07, 6.45) is 5.81. The Hall–Kier alpha value is -1.31. The molecule has 0 atom stereocenters. The van der Waals surface area contributed by atoms with Gasteiger partial charge in [-0.05, 0) is 29.0 Å². The molecule has 0 aromatic carbocycles. The molecule has 0 saturated heterocycles. The molecule has 0 bridgehead atoms. The molecule has 0 aliphatic carbocycles. The van der Waals surface area contributed by atoms with Gasteiger partial charge in [0.25, 0.3) is 0 Å². The Bertz CT molecular complexity index is 490. The van der Waals surface area contributed by atoms with Crippen molar-refractivity contribution >= 4 is 28.4 Å². The summed E-state index contributed by atoms with van der Waals surface area (Å²) in [6.45, 7) is 2.07. The fraction of sp³-hybridized carbons (Fsp3) is 0.273. The molecule has 0 fully saturated rings. The molecule has 2 aromatic heterocycles. The van der Waals surface area contributed by atoms with Crippen molar-refractivity contribution in [1.29, 1.82) is 0 Å². The summed E-state index contributed by atoms with van der Waals surface area (Å²) < 4.78 is 1.06. The second-order valence-electron chi connectivity index (χ2n) is 3.35. The van der Waals surface area contributed by atoms with Crippen LogP contribution in [0.25, 0.3) is 11.5 Å². The van der Waals surface area contributed by atoms with Crippen LogP contribution in [0.5, 0.6) is 0 Å². The van der Waals surface area contributed by atoms with Crippen LogP contribution in [-0.2, 0) is 6.42 Å². The molecule has 1 N–H and O–H groups in total. The van der Waals surface area contributed by atoms with Crippen LogP contribution in [-0.4, -0.2) is 27.0 Å². The van der Waals surface area contributed by atoms with Crippen molar-refractivity contribution in [2.75, 3.05) is 12.4 Å². The number of halogens is 1. The van der Waals surface area contributed by atoms with Gasteiger partial charge in [-0.15, -0.1) is 0 Å². The molecule has 2 rings (SSSR count). The van der Waals surface area contributed by atoms with Crippen LogP contribution in [0.3, 0.4) is 0 Å². The van der Waals surface area contributed by atoms with Gasteiger partial charge in [0.05, 0.1) is 15.5 Å². The minimum atomic E-state index is 0.611. The predicted octanol–water partition coefficient (Wildman–Crippen LogP) is 2.14. The van der Waals surface area contributed by atoms with Gasteiger partial charge in [-0.2, -0.15) is 0 Å². The minimum Gasteiger partial charge on any atom is -0.372 e. The van der Waals surface area contributed by atoms with Crippen LogP contribution in [0, 0.1) is 3.57 Å². The molecular weight excluding hydrogens is 329 g/mol. The van der Waals surface area contributed by atoms with Crippen molar-refractivity contribution in [2.24, 2.45) is 0 Å². The first kappa shape index (κ1) is 12.2. The first-order valence-corrected chi connectivity index (χ1v) is 6.34. The van der Waals surface area contributed by atoms with Gasteiger partial charge in [-0.3, -0.25) is 4.98 Å². The van der Waals surface area contributed by atoms with Crippen LogP contribution < -0.4 is 5.32 Å². The Morgan fingerprint density at radius 1 is 1.29 bits per heavy atom. The van der Waals surface area contributed by atoms with E-state index in [4.69, 9.17) is 0 Å². The third kappa shape index (κ3) is 2.51. The van der Waals surface area contributed by atoms with E-state index in [1.165, 1.54) is 0 Å². The third-order valence-electron chi connectivity index (χ3n) is 2.28. The summed E-state index contributed by atoms with van der Waals surface area (Å²) in [5, 5.41) is 3.07. The van der Waals surface area contributed by atoms with Gasteiger partial charge in [0.2, 0.25) is 0 Å². The Morgan fingerprint density at radius 2 is 2.12 bits per heavy atom. The molecule has 2 aromatic rings. The van der Waals surface area contributed by atoms with Crippen molar-refractivity contribution in [1.82, 2.24) is 19.9 Å². The quantitative estimate of drug-likeness (QED) is 0.867. The van der Waals surface area contributed by atoms with Crippen LogP contribution in [0.15, 0.2) is 18.6 Å². The zero-order valence-corrected chi connectivity index (χ0v) is 11.8. The first-order valence-electron chi connectivity index (χ1n) is 5.26. The number of aromatic nitrogens is 4. The maximum Gasteiger partial charge on any atom is 0.182 e. The standard InChI is InChI=1S/C11H12IN5/c1-3-7-9(12)11(13-2)17-10(16-7)8-6-14-4-5-15-8/h4-6H,3H2,1-2H3,(H,13,16,17). The average Bonchev–Trinajstić information content (AvgIpc) is 2.40. The van der Waals surface area contributed by atoms with Gasteiger partial charge in [-0.1, -0.05) is 6.92 Å². The van der Waals surface area contributed by atoms with Gasteiger partial charge < -0.3 is 5.32 Å². The lowest BCUT2D eigenvalue weighted by atomic mass is 10.3. The molecule has 88 valence electrons. The smallest absolute Gasteiger partial charge is 0.182 e. The van der Waals surface area contributed by atoms with Crippen molar-refractivity contribution in [3.63, 3.8) is 0 Å². The van der Waals surface area contributed by atoms with Crippen LogP contribution in [0.4, 0.5) is 5.82 Å². The van der Waals surface area contributed by atoms with E-state index in [2.05, 4.69) is 54.8 Å². The lowest BCUT2D eigenvalue weighted by Crippen LogP contribution is -2.05. The lowest BCUT2D eigenvalue weighted by Gasteiger charge is -2.09. The Labute approximate surface area is 113 Å². The van der Waals surface area contributed by atoms with Crippen molar-refractivity contribution < 1.29 is 0 Å². The first-order chi connectivity index (χ1) is 8.26. The molecule has 17 heavy (non-hydrogen) atoms. The van der Waals surface area contributed by atoms with Crippen molar-refractivity contribution in [3.05, 3.63) is 27.9 Å². The molecule has 0 aliphatic rings. The summed E-state index contributed by atoms with van der Waals surface area (Å²) in [5.41, 5.74) is 1.71. The van der Waals surface area contributed by atoms with E-state index in [1.54, 1.807) is 18.6 Å². The van der Waals surface area contributed by atoms with E-state index in [0.29, 0.717) is 11.5 Å². The summed E-state index contributed by atoms with van der Waals surface area (Å²) in [7, 11) is 1.85. The van der Waals surface area contributed by atoms with Gasteiger partial charge in [0.1, 0.15) is 11.5 Å². The highest BCUT2D eigenvalue weighted by Crippen LogP contribution is 2.22. The Kier molecular flexibility index (Phi) is 3.82. The molecule has 0 radical (unpaired) electrons. The monoisotopic (exact) mass is 341 g/mol. The Balaban J connectivity index is 2.56. The van der Waals surface area contributed by atoms with Crippen LogP contribution >= 0.6 is 22.6 Å². The molecule has 2 heterocycles. The molecule has 0 unspecified atom stereocenters. The lowest BCUT2D eigenvalue weighted by molar-refractivity contribution is 0.980. The van der Waals surface area contributed by atoms with Gasteiger partial charge in [0.15, 0.2) is 5.82 Å². The molecule has 0 spiro atoms. The van der Waals surface area contributed by atoms with E-state index in [-0.39, 0.29) is 0 Å². The summed E-state index contributed by atoms with van der Waals surface area (Å²) >= 11 is 2.25. The number of anilines is 1. The van der Waals surface area contributed by atoms with Gasteiger partial charge >= 0.3 is 0 Å². The number of nitrogens with zero attached hydrogens (tertiary/aromatic N) is 4. The van der Waals surface area contributed by atoms with E-state index < -0.39 is 0 Å². The fourth-order valence-corrected chi connectivity index (χ4v) is 2.31. The SMILES string of the molecule is CCc1nc(-c2cnccn2)nc(NC)c1I. The predicted molar refractivity (Wildman–Crippen MR) is 74.7 cm³/mol. The van der Waals surface area contributed by atoms with E-state index >= 15 is 0 Å². The number of hydrogen-bond acceptors (Lipinski definition) is 5. The fourth-order valence-electron chi connectivity index (χ4n) is 1.42. The minimum absolute atomic E-state index is 0.611. The van der Waals surface area contributed by atoms with E-state index in [9.17, 15) is 0 Å². The number of hydrogen-bond donors (Lipinski definition) is 1. The highest BCUT2D eigenvalue weighted by molar-refractivity contribution is 14.1. The number of rotatable bonds is 3. The normalized spacial score (nSPS) is 10.3. The number of aryl methyl sites for hydroxylation is 1. The van der Waals surface area contributed by atoms with Gasteiger partial charge in [-0.25, -0.2) is 15.0 Å². The van der Waals surface area contributed by atoms with Gasteiger partial charge in [0, 0.05) is 19.4 Å². The van der Waals surface area contributed by atoms with Crippen LogP contribution in [0.2, 0.25) is 0 Å². The van der Waals surface area contributed by atoms with E-state index in [0.717, 1.165) is 21.5 Å². The molecule has 6 heteroatoms. The highest BCUT2D eigenvalue weighted by atomic mass is 127. The highest BCUT2D eigenvalue weighted by Gasteiger charge is 2.11. The summed E-state index contributed by atoms with van der Waals surface area (Å²) in [6, 6.07) is 0. The van der Waals surface area contributed by atoms with Crippen molar-refractivity contribution in [3.8, 4) is 11.5 Å². The molecule has 0 amide bonds. The Morgan fingerprint density at radius 3 is 2.71 bits per heavy atom. The second kappa shape index (κ2) is 5.35. The van der Waals surface area contributed by atoms with Crippen LogP contribution in [0.1, 0.15) is 12.6 Å². The summed E-state index contributed by atoms with van der Waals surface area (Å²) in [4.78, 5) is 17.2. The van der Waals surface area contributed by atoms with E-state index in [1.807, 2.05) is 7.05 Å². The number of nitrogens with one attached hydrogen (secondary N) is 1. The molecule has 5 nitrogen and oxygen atoms in total. The summed E-state index contributed by atoms with van der Waals surface area (Å²) in [5.74, 6) is 1.44. The second-order valence-corrected chi connectivity index (χ2v) is 4.43. The topological polar surface area (TPSA) is 63.6 Å². The molecular formula is C11H12IN5. The zero-order chi connectivity index (χ0) is 12.3. The zero-order valence-electron chi connectivity index (χ0n) is 9.61. The largest absolute Gasteiger partial charge is 0.372 e. The maximum absolute atomic E-state index is 4.51. The maximum atomic E-state index is 4.51. The molecule has 0 aliphatic heterocycles. The third-order valence-corrected chi connectivity index (χ3v) is 3.42. The van der Waals surface area contributed by atoms with Crippen molar-refractivity contribution in [2.45, 2.75) is 13.3 Å².